The summed E-state index contributed by atoms with van der Waals surface area (Å²) in [6, 6.07) is 26.5. The summed E-state index contributed by atoms with van der Waals surface area (Å²) in [7, 11) is -4.45. The highest BCUT2D eigenvalue weighted by Gasteiger charge is 2.34. The molecule has 0 unspecified atom stereocenters. The highest BCUT2D eigenvalue weighted by atomic mass is 35.5. The Labute approximate surface area is 253 Å². The molecule has 0 fully saturated rings. The second-order valence-corrected chi connectivity index (χ2v) is 12.1. The molecule has 5 rings (SSSR count). The molecule has 1 aliphatic heterocycles. The summed E-state index contributed by atoms with van der Waals surface area (Å²) in [6.07, 6.45) is 0.215. The van der Waals surface area contributed by atoms with Crippen LogP contribution in [0.5, 0.6) is 5.75 Å². The van der Waals surface area contributed by atoms with Crippen LogP contribution < -0.4 is 9.46 Å². The quantitative estimate of drug-likeness (QED) is 0.201. The maximum Gasteiger partial charge on any atom is 0.289 e. The zero-order chi connectivity index (χ0) is 30.6. The van der Waals surface area contributed by atoms with Crippen molar-refractivity contribution in [1.29, 1.82) is 5.26 Å². The van der Waals surface area contributed by atoms with E-state index in [1.54, 1.807) is 24.3 Å². The van der Waals surface area contributed by atoms with E-state index in [-0.39, 0.29) is 11.4 Å². The summed E-state index contributed by atoms with van der Waals surface area (Å²) in [5, 5.41) is 20.2. The van der Waals surface area contributed by atoms with E-state index < -0.39 is 37.5 Å². The summed E-state index contributed by atoms with van der Waals surface area (Å²) < 4.78 is 34.3. The number of hydrogen-bond donors (Lipinski definition) is 1. The lowest BCUT2D eigenvalue weighted by Crippen LogP contribution is -2.51. The summed E-state index contributed by atoms with van der Waals surface area (Å²) in [5.74, 6) is -0.114. The van der Waals surface area contributed by atoms with Crippen LogP contribution in [0.25, 0.3) is 0 Å². The van der Waals surface area contributed by atoms with Crippen molar-refractivity contribution in [2.24, 2.45) is 0 Å². The van der Waals surface area contributed by atoms with Crippen molar-refractivity contribution in [1.82, 2.24) is 9.62 Å². The predicted octanol–water partition coefficient (Wildman–Crippen LogP) is 5.13. The number of sulfonamides is 1. The number of nitrogens with one attached hydrogen (secondary N) is 1. The van der Waals surface area contributed by atoms with Gasteiger partial charge >= 0.3 is 0 Å². The van der Waals surface area contributed by atoms with Gasteiger partial charge in [0.1, 0.15) is 17.4 Å². The SMILES string of the molecule is N#Cc1ccc(CN2Cc3cc(OCc4ccccc4)ccc3C[C@H]2C(=O)NS(=O)(=O)c2ccc(Cl)c([N+](=O)[O-])c2)cc1. The first-order valence-electron chi connectivity index (χ1n) is 13.1. The molecule has 0 saturated carbocycles. The first kappa shape index (κ1) is 29.7. The number of nitriles is 1. The van der Waals surface area contributed by atoms with Crippen LogP contribution in [-0.2, 0) is 40.9 Å². The second-order valence-electron chi connectivity index (χ2n) is 9.98. The Bertz CT molecular complexity index is 1830. The van der Waals surface area contributed by atoms with Crippen LogP contribution in [0.2, 0.25) is 5.02 Å². The minimum Gasteiger partial charge on any atom is -0.489 e. The first-order chi connectivity index (χ1) is 20.6. The molecule has 4 aromatic carbocycles. The fourth-order valence-corrected chi connectivity index (χ4v) is 6.07. The van der Waals surface area contributed by atoms with Gasteiger partial charge < -0.3 is 4.74 Å². The maximum absolute atomic E-state index is 13.6. The van der Waals surface area contributed by atoms with E-state index in [4.69, 9.17) is 21.6 Å². The van der Waals surface area contributed by atoms with Crippen molar-refractivity contribution in [2.45, 2.75) is 37.1 Å². The average molecular weight is 617 g/mol. The summed E-state index contributed by atoms with van der Waals surface area (Å²) in [5.41, 5.74) is 3.54. The van der Waals surface area contributed by atoms with Gasteiger partial charge in [-0.15, -0.1) is 0 Å². The van der Waals surface area contributed by atoms with Crippen LogP contribution >= 0.6 is 11.6 Å². The van der Waals surface area contributed by atoms with Gasteiger partial charge in [-0.05, 0) is 65.1 Å². The number of carbonyl (C=O) groups is 1. The molecule has 43 heavy (non-hydrogen) atoms. The topological polar surface area (TPSA) is 143 Å². The van der Waals surface area contributed by atoms with Gasteiger partial charge in [0.25, 0.3) is 21.6 Å². The highest BCUT2D eigenvalue weighted by molar-refractivity contribution is 7.90. The predicted molar refractivity (Wildman–Crippen MR) is 159 cm³/mol. The zero-order valence-electron chi connectivity index (χ0n) is 22.6. The lowest BCUT2D eigenvalue weighted by Gasteiger charge is -2.36. The van der Waals surface area contributed by atoms with E-state index in [0.717, 1.165) is 40.5 Å². The fraction of sp³-hybridized carbons (Fsp3) is 0.161. The normalized spacial score (nSPS) is 14.7. The minimum atomic E-state index is -4.45. The molecule has 10 nitrogen and oxygen atoms in total. The molecule has 1 amide bonds. The van der Waals surface area contributed by atoms with E-state index in [1.165, 1.54) is 0 Å². The molecule has 1 aliphatic rings. The zero-order valence-corrected chi connectivity index (χ0v) is 24.2. The highest BCUT2D eigenvalue weighted by Crippen LogP contribution is 2.30. The average Bonchev–Trinajstić information content (AvgIpc) is 3.00. The van der Waals surface area contributed by atoms with Crippen molar-refractivity contribution in [2.75, 3.05) is 0 Å². The molecule has 0 aromatic heterocycles. The van der Waals surface area contributed by atoms with Crippen molar-refractivity contribution in [3.8, 4) is 11.8 Å². The number of fused-ring (bicyclic) bond motifs is 1. The smallest absolute Gasteiger partial charge is 0.289 e. The van der Waals surface area contributed by atoms with Gasteiger partial charge in [-0.2, -0.15) is 5.26 Å². The van der Waals surface area contributed by atoms with Crippen molar-refractivity contribution < 1.29 is 22.9 Å². The molecule has 12 heteroatoms. The van der Waals surface area contributed by atoms with Crippen LogP contribution in [-0.4, -0.2) is 30.2 Å². The Balaban J connectivity index is 1.40. The molecule has 0 radical (unpaired) electrons. The van der Waals surface area contributed by atoms with Gasteiger partial charge in [0, 0.05) is 19.2 Å². The Morgan fingerprint density at radius 2 is 1.77 bits per heavy atom. The number of halogens is 1. The standard InChI is InChI=1S/C31H25ClN4O6S/c32-28-13-12-27(16-29(28)36(38)39)43(40,41)34-31(37)30-15-24-10-11-26(42-20-23-4-2-1-3-5-23)14-25(24)19-35(30)18-22-8-6-21(17-33)7-9-22/h1-14,16,30H,15,18-20H2,(H,34,37)/t30-/m0/s1. The number of nitrogens with zero attached hydrogens (tertiary/aromatic N) is 3. The molecule has 0 spiro atoms. The van der Waals surface area contributed by atoms with Gasteiger partial charge in [-0.3, -0.25) is 19.8 Å². The fourth-order valence-electron chi connectivity index (χ4n) is 4.85. The molecule has 0 aliphatic carbocycles. The van der Waals surface area contributed by atoms with Gasteiger partial charge in [-0.25, -0.2) is 13.1 Å². The Morgan fingerprint density at radius 1 is 1.02 bits per heavy atom. The van der Waals surface area contributed by atoms with Crippen LogP contribution in [0.1, 0.15) is 27.8 Å². The number of benzene rings is 4. The molecule has 1 heterocycles. The molecule has 1 atom stereocenters. The van der Waals surface area contributed by atoms with E-state index in [2.05, 4.69) is 10.8 Å². The summed E-state index contributed by atoms with van der Waals surface area (Å²) in [4.78, 5) is 25.4. The number of hydrogen-bond acceptors (Lipinski definition) is 8. The van der Waals surface area contributed by atoms with Crippen LogP contribution in [0, 0.1) is 21.4 Å². The second kappa shape index (κ2) is 12.6. The minimum absolute atomic E-state index is 0.215. The van der Waals surface area contributed by atoms with Gasteiger partial charge in [0.05, 0.1) is 27.5 Å². The summed E-state index contributed by atoms with van der Waals surface area (Å²) >= 11 is 5.84. The molecular weight excluding hydrogens is 592 g/mol. The number of carbonyl (C=O) groups excluding carboxylic acids is 1. The van der Waals surface area contributed by atoms with Crippen LogP contribution in [0.4, 0.5) is 5.69 Å². The number of nitro benzene ring substituents is 1. The van der Waals surface area contributed by atoms with Crippen molar-refractivity contribution in [3.05, 3.63) is 134 Å². The molecule has 0 bridgehead atoms. The van der Waals surface area contributed by atoms with E-state index in [1.807, 2.05) is 53.4 Å². The lowest BCUT2D eigenvalue weighted by molar-refractivity contribution is -0.384. The van der Waals surface area contributed by atoms with Crippen molar-refractivity contribution in [3.63, 3.8) is 0 Å². The lowest BCUT2D eigenvalue weighted by atomic mass is 9.92. The third-order valence-electron chi connectivity index (χ3n) is 7.08. The molecule has 218 valence electrons. The van der Waals surface area contributed by atoms with E-state index in [9.17, 15) is 23.3 Å². The Kier molecular flexibility index (Phi) is 8.73. The third-order valence-corrected chi connectivity index (χ3v) is 8.75. The van der Waals surface area contributed by atoms with Crippen LogP contribution in [0.3, 0.4) is 0 Å². The van der Waals surface area contributed by atoms with E-state index >= 15 is 0 Å². The number of ether oxygens (including phenoxy) is 1. The molecule has 4 aromatic rings. The number of nitro groups is 1. The Hall–Kier alpha value is -4.76. The number of amides is 1. The molecular formula is C31H25ClN4O6S. The van der Waals surface area contributed by atoms with E-state index in [0.29, 0.717) is 31.0 Å². The summed E-state index contributed by atoms with van der Waals surface area (Å²) in [6.45, 7) is 1.01. The van der Waals surface area contributed by atoms with Crippen LogP contribution in [0.15, 0.2) is 95.9 Å². The monoisotopic (exact) mass is 616 g/mol. The largest absolute Gasteiger partial charge is 0.489 e. The third kappa shape index (κ3) is 7.01. The van der Waals surface area contributed by atoms with Gasteiger partial charge in [0.15, 0.2) is 0 Å². The van der Waals surface area contributed by atoms with Gasteiger partial charge in [-0.1, -0.05) is 60.1 Å². The molecule has 0 saturated heterocycles. The van der Waals surface area contributed by atoms with Crippen molar-refractivity contribution >= 4 is 33.2 Å². The maximum atomic E-state index is 13.6. The number of rotatable bonds is 9. The molecule has 1 N–H and O–H groups in total. The first-order valence-corrected chi connectivity index (χ1v) is 15.0. The Morgan fingerprint density at radius 3 is 2.47 bits per heavy atom. The van der Waals surface area contributed by atoms with Gasteiger partial charge in [0.2, 0.25) is 0 Å².